The first kappa shape index (κ1) is 33.6. The van der Waals surface area contributed by atoms with Gasteiger partial charge < -0.3 is 16.0 Å². The van der Waals surface area contributed by atoms with Gasteiger partial charge >= 0.3 is 0 Å². The van der Waals surface area contributed by atoms with Crippen LogP contribution in [0, 0.1) is 0 Å². The molecule has 0 radical (unpaired) electrons. The first-order valence-corrected chi connectivity index (χ1v) is 17.8. The lowest BCUT2D eigenvalue weighted by molar-refractivity contribution is -0.114. The highest BCUT2D eigenvalue weighted by atomic mass is 79.9. The van der Waals surface area contributed by atoms with Gasteiger partial charge in [0.2, 0.25) is 5.91 Å². The van der Waals surface area contributed by atoms with Crippen LogP contribution >= 0.6 is 39.0 Å². The smallest absolute Gasteiger partial charge is 0.272 e. The van der Waals surface area contributed by atoms with E-state index in [0.29, 0.717) is 16.4 Å². The fraction of sp³-hybridized carbons (Fsp3) is 0.0256. The van der Waals surface area contributed by atoms with Gasteiger partial charge in [0.15, 0.2) is 5.13 Å². The summed E-state index contributed by atoms with van der Waals surface area (Å²) in [5.74, 6) is -0.922. The van der Waals surface area contributed by atoms with E-state index in [1.54, 1.807) is 48.5 Å². The van der Waals surface area contributed by atoms with Crippen molar-refractivity contribution in [2.45, 2.75) is 4.90 Å². The van der Waals surface area contributed by atoms with Crippen molar-refractivity contribution in [3.05, 3.63) is 160 Å². The normalized spacial score (nSPS) is 11.1. The Bertz CT molecular complexity index is 2100. The number of nitrogens with zero attached hydrogens (tertiary/aromatic N) is 1. The summed E-state index contributed by atoms with van der Waals surface area (Å²) < 4.78 is 0.984. The number of halogens is 1. The summed E-state index contributed by atoms with van der Waals surface area (Å²) in [5.41, 5.74) is 5.67. The molecule has 1 aromatic heterocycles. The molecular formula is C39H29BrN4O3S2. The fourth-order valence-corrected chi connectivity index (χ4v) is 6.52. The number of amides is 3. The molecule has 242 valence electrons. The van der Waals surface area contributed by atoms with Crippen molar-refractivity contribution in [2.24, 2.45) is 0 Å². The number of aromatic nitrogens is 1. The predicted octanol–water partition coefficient (Wildman–Crippen LogP) is 9.38. The molecule has 0 bridgehead atoms. The first-order valence-electron chi connectivity index (χ1n) is 15.2. The van der Waals surface area contributed by atoms with Gasteiger partial charge in [0.05, 0.1) is 11.4 Å². The maximum absolute atomic E-state index is 13.6. The Balaban J connectivity index is 1.11. The van der Waals surface area contributed by atoms with Crippen LogP contribution < -0.4 is 16.0 Å². The molecule has 1 heterocycles. The van der Waals surface area contributed by atoms with Gasteiger partial charge in [-0.3, -0.25) is 14.4 Å². The molecule has 6 aromatic rings. The van der Waals surface area contributed by atoms with Crippen molar-refractivity contribution in [1.82, 2.24) is 10.3 Å². The van der Waals surface area contributed by atoms with Crippen molar-refractivity contribution in [3.63, 3.8) is 0 Å². The van der Waals surface area contributed by atoms with E-state index < -0.39 is 11.8 Å². The number of anilines is 2. The lowest BCUT2D eigenvalue weighted by Gasteiger charge is -2.12. The van der Waals surface area contributed by atoms with E-state index >= 15 is 0 Å². The van der Waals surface area contributed by atoms with Crippen LogP contribution in [0.1, 0.15) is 15.9 Å². The molecule has 10 heteroatoms. The van der Waals surface area contributed by atoms with Crippen LogP contribution in [0.3, 0.4) is 0 Å². The van der Waals surface area contributed by atoms with E-state index in [-0.39, 0.29) is 17.4 Å². The van der Waals surface area contributed by atoms with E-state index in [9.17, 15) is 14.4 Å². The van der Waals surface area contributed by atoms with Gasteiger partial charge in [-0.15, -0.1) is 23.1 Å². The molecule has 0 unspecified atom stereocenters. The van der Waals surface area contributed by atoms with Crippen molar-refractivity contribution >= 4 is 73.6 Å². The molecule has 0 aliphatic heterocycles. The van der Waals surface area contributed by atoms with Crippen LogP contribution in [0.5, 0.6) is 0 Å². The number of thioether (sulfide) groups is 1. The number of hydrogen-bond donors (Lipinski definition) is 3. The SMILES string of the molecule is O=C(CSc1cccc(NC(=O)/C(=C\c2ccc(-c3ccccc3)cc2)NC(=O)c2ccccc2)c1)Nc1nc(-c2ccc(Br)cc2)cs1. The summed E-state index contributed by atoms with van der Waals surface area (Å²) in [4.78, 5) is 44.7. The minimum absolute atomic E-state index is 0.0877. The molecule has 3 amide bonds. The molecule has 5 aromatic carbocycles. The third-order valence-electron chi connectivity index (χ3n) is 7.21. The quantitative estimate of drug-likeness (QED) is 0.0907. The summed E-state index contributed by atoms with van der Waals surface area (Å²) >= 11 is 6.14. The Labute approximate surface area is 300 Å². The van der Waals surface area contributed by atoms with Crippen LogP contribution in [0.25, 0.3) is 28.5 Å². The fourth-order valence-electron chi connectivity index (χ4n) is 4.76. The molecule has 0 fully saturated rings. The molecule has 0 saturated heterocycles. The topological polar surface area (TPSA) is 100 Å². The molecule has 7 nitrogen and oxygen atoms in total. The molecule has 3 N–H and O–H groups in total. The third-order valence-corrected chi connectivity index (χ3v) is 9.49. The van der Waals surface area contributed by atoms with Gasteiger partial charge in [-0.2, -0.15) is 0 Å². The highest BCUT2D eigenvalue weighted by molar-refractivity contribution is 9.10. The van der Waals surface area contributed by atoms with Crippen molar-refractivity contribution in [1.29, 1.82) is 0 Å². The number of benzene rings is 5. The van der Waals surface area contributed by atoms with E-state index in [1.807, 2.05) is 96.4 Å². The van der Waals surface area contributed by atoms with Gasteiger partial charge in [0, 0.05) is 31.6 Å². The summed E-state index contributed by atoms with van der Waals surface area (Å²) in [5, 5.41) is 11.0. The summed E-state index contributed by atoms with van der Waals surface area (Å²) in [6, 6.07) is 41.5. The molecule has 0 atom stereocenters. The highest BCUT2D eigenvalue weighted by Gasteiger charge is 2.16. The Morgan fingerprint density at radius 2 is 1.41 bits per heavy atom. The highest BCUT2D eigenvalue weighted by Crippen LogP contribution is 2.27. The summed E-state index contributed by atoms with van der Waals surface area (Å²) in [6.45, 7) is 0. The minimum Gasteiger partial charge on any atom is -0.321 e. The van der Waals surface area contributed by atoms with Gasteiger partial charge in [-0.05, 0) is 65.2 Å². The van der Waals surface area contributed by atoms with E-state index in [1.165, 1.54) is 23.1 Å². The zero-order valence-corrected chi connectivity index (χ0v) is 29.1. The Hall–Kier alpha value is -5.29. The van der Waals surface area contributed by atoms with Crippen LogP contribution in [-0.4, -0.2) is 28.5 Å². The molecule has 0 saturated carbocycles. The van der Waals surface area contributed by atoms with Crippen LogP contribution in [0.2, 0.25) is 0 Å². The Morgan fingerprint density at radius 1 is 0.735 bits per heavy atom. The number of carbonyl (C=O) groups is 3. The number of nitrogens with one attached hydrogen (secondary N) is 3. The van der Waals surface area contributed by atoms with Crippen molar-refractivity contribution in [2.75, 3.05) is 16.4 Å². The zero-order chi connectivity index (χ0) is 34.0. The lowest BCUT2D eigenvalue weighted by atomic mass is 10.0. The maximum Gasteiger partial charge on any atom is 0.272 e. The molecule has 49 heavy (non-hydrogen) atoms. The van der Waals surface area contributed by atoms with Gasteiger partial charge in [-0.1, -0.05) is 107 Å². The van der Waals surface area contributed by atoms with E-state index in [0.717, 1.165) is 37.3 Å². The van der Waals surface area contributed by atoms with E-state index in [2.05, 4.69) is 36.9 Å². The second-order valence-corrected chi connectivity index (χ2v) is 13.6. The largest absolute Gasteiger partial charge is 0.321 e. The van der Waals surface area contributed by atoms with Crippen molar-refractivity contribution < 1.29 is 14.4 Å². The first-order chi connectivity index (χ1) is 23.9. The zero-order valence-electron chi connectivity index (χ0n) is 25.9. The van der Waals surface area contributed by atoms with Crippen LogP contribution in [0.15, 0.2) is 154 Å². The Morgan fingerprint density at radius 3 is 2.14 bits per heavy atom. The molecule has 0 spiro atoms. The Kier molecular flexibility index (Phi) is 11.1. The third kappa shape index (κ3) is 9.41. The lowest BCUT2D eigenvalue weighted by Crippen LogP contribution is -2.30. The van der Waals surface area contributed by atoms with Gasteiger partial charge in [-0.25, -0.2) is 4.98 Å². The molecular weight excluding hydrogens is 716 g/mol. The average molecular weight is 746 g/mol. The van der Waals surface area contributed by atoms with Gasteiger partial charge in [0.25, 0.3) is 11.8 Å². The minimum atomic E-state index is -0.485. The second-order valence-electron chi connectivity index (χ2n) is 10.7. The number of hydrogen-bond acceptors (Lipinski definition) is 6. The van der Waals surface area contributed by atoms with E-state index in [4.69, 9.17) is 0 Å². The van der Waals surface area contributed by atoms with Gasteiger partial charge in [0.1, 0.15) is 5.70 Å². The number of carbonyl (C=O) groups excluding carboxylic acids is 3. The van der Waals surface area contributed by atoms with Crippen molar-refractivity contribution in [3.8, 4) is 22.4 Å². The second kappa shape index (κ2) is 16.2. The predicted molar refractivity (Wildman–Crippen MR) is 203 cm³/mol. The number of thiazole rings is 1. The molecule has 0 aliphatic rings. The molecule has 0 aliphatic carbocycles. The summed E-state index contributed by atoms with van der Waals surface area (Å²) in [6.07, 6.45) is 1.65. The number of rotatable bonds is 11. The monoisotopic (exact) mass is 744 g/mol. The molecule has 6 rings (SSSR count). The average Bonchev–Trinajstić information content (AvgIpc) is 3.60. The standard InChI is InChI=1S/C39H29BrN4O3S2/c40-31-20-18-29(19-21-31)35-24-49-39(43-35)44-36(45)25-48-33-13-7-12-32(23-33)41-38(47)34(42-37(46)30-10-5-2-6-11-30)22-26-14-16-28(17-15-26)27-8-3-1-4-9-27/h1-24H,25H2,(H,41,47)(H,42,46)(H,43,44,45)/b34-22+. The maximum atomic E-state index is 13.6. The van der Waals surface area contributed by atoms with Crippen LogP contribution in [0.4, 0.5) is 10.8 Å². The van der Waals surface area contributed by atoms with Crippen LogP contribution in [-0.2, 0) is 9.59 Å². The summed E-state index contributed by atoms with van der Waals surface area (Å²) in [7, 11) is 0.